The summed E-state index contributed by atoms with van der Waals surface area (Å²) in [5, 5.41) is 0.643. The second-order valence-corrected chi connectivity index (χ2v) is 8.70. The Hall–Kier alpha value is -1.67. The van der Waals surface area contributed by atoms with E-state index in [9.17, 15) is 9.59 Å². The first-order valence-corrected chi connectivity index (χ1v) is 11.2. The van der Waals surface area contributed by atoms with Crippen LogP contribution in [0.4, 0.5) is 0 Å². The van der Waals surface area contributed by atoms with Gasteiger partial charge in [0.25, 0.3) is 0 Å². The van der Waals surface area contributed by atoms with Gasteiger partial charge in [-0.1, -0.05) is 23.7 Å². The van der Waals surface area contributed by atoms with Gasteiger partial charge in [0.1, 0.15) is 0 Å². The zero-order valence-corrected chi connectivity index (χ0v) is 18.1. The van der Waals surface area contributed by atoms with Crippen molar-refractivity contribution in [2.75, 3.05) is 72.2 Å². The minimum atomic E-state index is -0.594. The third-order valence-electron chi connectivity index (χ3n) is 6.52. The summed E-state index contributed by atoms with van der Waals surface area (Å²) in [5.74, 6) is 0.271. The van der Waals surface area contributed by atoms with Gasteiger partial charge in [0, 0.05) is 57.5 Å². The number of carbonyl (C=O) groups excluding carboxylic acids is 2. The molecule has 30 heavy (non-hydrogen) atoms. The number of hydrogen-bond acceptors (Lipinski definition) is 5. The van der Waals surface area contributed by atoms with Gasteiger partial charge in [-0.25, -0.2) is 0 Å². The van der Waals surface area contributed by atoms with E-state index < -0.39 is 5.41 Å². The van der Waals surface area contributed by atoms with Gasteiger partial charge in [-0.2, -0.15) is 0 Å². The fourth-order valence-corrected chi connectivity index (χ4v) is 4.83. The van der Waals surface area contributed by atoms with E-state index >= 15 is 0 Å². The molecule has 3 aliphatic heterocycles. The number of nitrogens with zero attached hydrogens (tertiary/aromatic N) is 3. The molecule has 4 rings (SSSR count). The van der Waals surface area contributed by atoms with Crippen LogP contribution >= 0.6 is 11.6 Å². The maximum atomic E-state index is 13.7. The van der Waals surface area contributed by atoms with Gasteiger partial charge in [0.2, 0.25) is 11.8 Å². The largest absolute Gasteiger partial charge is 0.381 e. The zero-order chi connectivity index (χ0) is 21.0. The quantitative estimate of drug-likeness (QED) is 0.715. The highest BCUT2D eigenvalue weighted by Gasteiger charge is 2.44. The Morgan fingerprint density at radius 1 is 0.900 bits per heavy atom. The van der Waals surface area contributed by atoms with E-state index in [1.807, 2.05) is 34.1 Å². The fourth-order valence-electron chi connectivity index (χ4n) is 4.64. The molecule has 1 aromatic rings. The number of rotatable bonds is 4. The van der Waals surface area contributed by atoms with Crippen molar-refractivity contribution in [2.45, 2.75) is 18.3 Å². The highest BCUT2D eigenvalue weighted by molar-refractivity contribution is 6.30. The number of piperazine rings is 1. The van der Waals surface area contributed by atoms with Crippen LogP contribution in [-0.2, 0) is 24.5 Å². The lowest BCUT2D eigenvalue weighted by Gasteiger charge is -2.43. The van der Waals surface area contributed by atoms with Crippen LogP contribution in [0.25, 0.3) is 0 Å². The molecule has 0 radical (unpaired) electrons. The number of halogens is 1. The maximum Gasteiger partial charge on any atom is 0.236 e. The van der Waals surface area contributed by atoms with Gasteiger partial charge in [0.05, 0.1) is 25.2 Å². The minimum absolute atomic E-state index is 0.133. The average Bonchev–Trinajstić information content (AvgIpc) is 2.80. The molecule has 0 spiro atoms. The highest BCUT2D eigenvalue weighted by atomic mass is 35.5. The van der Waals surface area contributed by atoms with Crippen molar-refractivity contribution >= 4 is 23.4 Å². The van der Waals surface area contributed by atoms with E-state index in [1.165, 1.54) is 0 Å². The molecular formula is C22H30ClN3O4. The normalized spacial score (nSPS) is 22.7. The van der Waals surface area contributed by atoms with Crippen molar-refractivity contribution in [1.82, 2.24) is 14.7 Å². The molecule has 7 nitrogen and oxygen atoms in total. The molecular weight excluding hydrogens is 406 g/mol. The lowest BCUT2D eigenvalue weighted by atomic mass is 9.73. The summed E-state index contributed by atoms with van der Waals surface area (Å²) in [4.78, 5) is 32.3. The number of ether oxygens (including phenoxy) is 2. The number of morpholine rings is 1. The second kappa shape index (κ2) is 9.64. The first kappa shape index (κ1) is 21.6. The summed E-state index contributed by atoms with van der Waals surface area (Å²) in [7, 11) is 0. The minimum Gasteiger partial charge on any atom is -0.381 e. The second-order valence-electron chi connectivity index (χ2n) is 8.27. The third-order valence-corrected chi connectivity index (χ3v) is 6.75. The Kier molecular flexibility index (Phi) is 6.93. The molecule has 1 aromatic carbocycles. The summed E-state index contributed by atoms with van der Waals surface area (Å²) < 4.78 is 10.9. The van der Waals surface area contributed by atoms with Crippen molar-refractivity contribution in [1.29, 1.82) is 0 Å². The van der Waals surface area contributed by atoms with Gasteiger partial charge in [-0.05, 0) is 30.5 Å². The fraction of sp³-hybridized carbons (Fsp3) is 0.636. The van der Waals surface area contributed by atoms with E-state index in [2.05, 4.69) is 4.90 Å². The summed E-state index contributed by atoms with van der Waals surface area (Å²) in [5.41, 5.74) is 0.373. The molecule has 164 valence electrons. The summed E-state index contributed by atoms with van der Waals surface area (Å²) in [6.45, 7) is 6.83. The van der Waals surface area contributed by atoms with Gasteiger partial charge < -0.3 is 19.3 Å². The van der Waals surface area contributed by atoms with Crippen molar-refractivity contribution in [3.8, 4) is 0 Å². The van der Waals surface area contributed by atoms with Crippen LogP contribution in [0, 0.1) is 0 Å². The van der Waals surface area contributed by atoms with E-state index in [0.29, 0.717) is 77.0 Å². The van der Waals surface area contributed by atoms with E-state index in [4.69, 9.17) is 21.1 Å². The Balaban J connectivity index is 1.40. The molecule has 0 bridgehead atoms. The summed E-state index contributed by atoms with van der Waals surface area (Å²) in [6, 6.07) is 7.65. The van der Waals surface area contributed by atoms with Gasteiger partial charge in [-0.3, -0.25) is 14.5 Å². The van der Waals surface area contributed by atoms with Crippen LogP contribution in [0.3, 0.4) is 0 Å². The standard InChI is InChI=1S/C22H30ClN3O4/c23-19-3-1-2-18(16-19)22(4-12-29-13-5-22)21(28)26-8-6-25(7-9-26)20(27)17-24-10-14-30-15-11-24/h1-3,16H,4-15,17H2. The molecule has 0 unspecified atom stereocenters. The van der Waals surface area contributed by atoms with Crippen LogP contribution in [0.5, 0.6) is 0 Å². The first-order chi connectivity index (χ1) is 14.6. The Morgan fingerprint density at radius 3 is 2.20 bits per heavy atom. The van der Waals surface area contributed by atoms with Crippen molar-refractivity contribution in [2.24, 2.45) is 0 Å². The highest BCUT2D eigenvalue weighted by Crippen LogP contribution is 2.38. The Morgan fingerprint density at radius 2 is 1.53 bits per heavy atom. The molecule has 0 aromatic heterocycles. The van der Waals surface area contributed by atoms with Crippen LogP contribution in [-0.4, -0.2) is 98.8 Å². The Bertz CT molecular complexity index is 755. The lowest BCUT2D eigenvalue weighted by molar-refractivity contribution is -0.147. The molecule has 3 aliphatic rings. The first-order valence-electron chi connectivity index (χ1n) is 10.8. The molecule has 2 amide bonds. The number of benzene rings is 1. The molecule has 0 aliphatic carbocycles. The number of hydrogen-bond donors (Lipinski definition) is 0. The Labute approximate surface area is 182 Å². The molecule has 0 N–H and O–H groups in total. The van der Waals surface area contributed by atoms with Crippen molar-refractivity contribution < 1.29 is 19.1 Å². The molecule has 0 saturated carbocycles. The summed E-state index contributed by atoms with van der Waals surface area (Å²) in [6.07, 6.45) is 1.31. The van der Waals surface area contributed by atoms with E-state index in [0.717, 1.165) is 18.7 Å². The van der Waals surface area contributed by atoms with Crippen LogP contribution < -0.4 is 0 Å². The maximum absolute atomic E-state index is 13.7. The van der Waals surface area contributed by atoms with Gasteiger partial charge in [0.15, 0.2) is 0 Å². The SMILES string of the molecule is O=C(CN1CCOCC1)N1CCN(C(=O)C2(c3cccc(Cl)c3)CCOCC2)CC1. The van der Waals surface area contributed by atoms with Crippen LogP contribution in [0.2, 0.25) is 5.02 Å². The third kappa shape index (κ3) is 4.64. The van der Waals surface area contributed by atoms with Gasteiger partial charge in [-0.15, -0.1) is 0 Å². The predicted molar refractivity (Wildman–Crippen MR) is 114 cm³/mol. The smallest absolute Gasteiger partial charge is 0.236 e. The molecule has 0 atom stereocenters. The monoisotopic (exact) mass is 435 g/mol. The van der Waals surface area contributed by atoms with Gasteiger partial charge >= 0.3 is 0 Å². The van der Waals surface area contributed by atoms with Crippen LogP contribution in [0.1, 0.15) is 18.4 Å². The van der Waals surface area contributed by atoms with E-state index in [-0.39, 0.29) is 11.8 Å². The number of amides is 2. The van der Waals surface area contributed by atoms with Crippen molar-refractivity contribution in [3.63, 3.8) is 0 Å². The van der Waals surface area contributed by atoms with Crippen LogP contribution in [0.15, 0.2) is 24.3 Å². The lowest BCUT2D eigenvalue weighted by Crippen LogP contribution is -2.57. The predicted octanol–water partition coefficient (Wildman–Crippen LogP) is 1.39. The molecule has 3 saturated heterocycles. The van der Waals surface area contributed by atoms with Crippen molar-refractivity contribution in [3.05, 3.63) is 34.9 Å². The van der Waals surface area contributed by atoms with E-state index in [1.54, 1.807) is 0 Å². The average molecular weight is 436 g/mol. The summed E-state index contributed by atoms with van der Waals surface area (Å²) >= 11 is 6.24. The molecule has 8 heteroatoms. The topological polar surface area (TPSA) is 62.3 Å². The zero-order valence-electron chi connectivity index (χ0n) is 17.4. The molecule has 3 fully saturated rings. The number of carbonyl (C=O) groups is 2. The molecule has 3 heterocycles.